The van der Waals surface area contributed by atoms with E-state index in [1.54, 1.807) is 4.68 Å². The summed E-state index contributed by atoms with van der Waals surface area (Å²) in [5.74, 6) is 0.490. The van der Waals surface area contributed by atoms with Gasteiger partial charge in [0.15, 0.2) is 5.82 Å². The number of amides is 1. The zero-order valence-electron chi connectivity index (χ0n) is 12.9. The minimum atomic E-state index is -0.225. The number of nitrogens with two attached hydrogens (primary N) is 1. The largest absolute Gasteiger partial charge is 0.369 e. The molecule has 1 aliphatic rings. The highest BCUT2D eigenvalue weighted by molar-refractivity contribution is 5.77. The Morgan fingerprint density at radius 3 is 2.73 bits per heavy atom. The summed E-state index contributed by atoms with van der Waals surface area (Å²) in [5, 5.41) is 12.1. The smallest absolute Gasteiger partial charge is 0.221 e. The lowest BCUT2D eigenvalue weighted by atomic mass is 10.1. The molecule has 1 aromatic carbocycles. The second-order valence-electron chi connectivity index (χ2n) is 5.87. The third kappa shape index (κ3) is 2.71. The van der Waals surface area contributed by atoms with Crippen molar-refractivity contribution in [3.63, 3.8) is 0 Å². The molecule has 0 radical (unpaired) electrons. The third-order valence-corrected chi connectivity index (χ3v) is 4.23. The Balaban J connectivity index is 1.83. The van der Waals surface area contributed by atoms with E-state index in [0.717, 1.165) is 35.6 Å². The second-order valence-corrected chi connectivity index (χ2v) is 5.87. The highest BCUT2D eigenvalue weighted by atomic mass is 16.1. The Kier molecular flexibility index (Phi) is 3.89. The minimum Gasteiger partial charge on any atom is -0.369 e. The van der Waals surface area contributed by atoms with Crippen molar-refractivity contribution < 1.29 is 4.79 Å². The van der Waals surface area contributed by atoms with Gasteiger partial charge in [0.05, 0.1) is 18.2 Å². The molecule has 1 aliphatic heterocycles. The maximum Gasteiger partial charge on any atom is 0.221 e. The molecule has 0 spiro atoms. The lowest BCUT2D eigenvalue weighted by Gasteiger charge is -2.16. The number of hydrogen-bond acceptors (Lipinski definition) is 5. The monoisotopic (exact) mass is 300 g/mol. The van der Waals surface area contributed by atoms with Gasteiger partial charge in [-0.2, -0.15) is 4.68 Å². The van der Waals surface area contributed by atoms with E-state index in [0.29, 0.717) is 13.1 Å². The maximum absolute atomic E-state index is 11.3. The Morgan fingerprint density at radius 2 is 2.09 bits per heavy atom. The first-order valence-electron chi connectivity index (χ1n) is 7.42. The number of likely N-dealkylation sites (tertiary alicyclic amines) is 1. The molecule has 22 heavy (non-hydrogen) atoms. The van der Waals surface area contributed by atoms with Gasteiger partial charge in [-0.1, -0.05) is 18.2 Å². The number of carbonyl (C=O) groups is 1. The molecule has 3 rings (SSSR count). The summed E-state index contributed by atoms with van der Waals surface area (Å²) in [4.78, 5) is 13.4. The van der Waals surface area contributed by atoms with Crippen LogP contribution in [0.4, 0.5) is 0 Å². The molecule has 2 heterocycles. The fourth-order valence-electron chi connectivity index (χ4n) is 3.03. The zero-order chi connectivity index (χ0) is 15.7. The number of primary amides is 1. The van der Waals surface area contributed by atoms with Crippen LogP contribution >= 0.6 is 0 Å². The van der Waals surface area contributed by atoms with Crippen LogP contribution in [0.15, 0.2) is 18.2 Å². The highest BCUT2D eigenvalue weighted by Crippen LogP contribution is 2.21. The molecule has 2 aromatic rings. The number of aromatic nitrogens is 4. The predicted molar refractivity (Wildman–Crippen MR) is 81.2 cm³/mol. The summed E-state index contributed by atoms with van der Waals surface area (Å²) in [6, 6.07) is 6.12. The number of nitrogens with zero attached hydrogens (tertiary/aromatic N) is 5. The van der Waals surface area contributed by atoms with Gasteiger partial charge in [0.2, 0.25) is 5.91 Å². The van der Waals surface area contributed by atoms with Crippen molar-refractivity contribution in [1.82, 2.24) is 25.1 Å². The molecule has 1 amide bonds. The first-order chi connectivity index (χ1) is 10.6. The molecule has 0 bridgehead atoms. The summed E-state index contributed by atoms with van der Waals surface area (Å²) in [5.41, 5.74) is 8.66. The van der Waals surface area contributed by atoms with E-state index in [-0.39, 0.29) is 11.8 Å². The molecule has 116 valence electrons. The number of benzene rings is 1. The highest BCUT2D eigenvalue weighted by Gasteiger charge is 2.28. The number of rotatable bonds is 4. The third-order valence-electron chi connectivity index (χ3n) is 4.23. The fourth-order valence-corrected chi connectivity index (χ4v) is 3.03. The lowest BCUT2D eigenvalue weighted by molar-refractivity contribution is -0.121. The molecule has 0 aliphatic carbocycles. The molecule has 2 N–H and O–H groups in total. The lowest BCUT2D eigenvalue weighted by Crippen LogP contribution is -2.28. The van der Waals surface area contributed by atoms with E-state index < -0.39 is 0 Å². The van der Waals surface area contributed by atoms with Crippen LogP contribution in [0, 0.1) is 19.8 Å². The molecule has 7 nitrogen and oxygen atoms in total. The van der Waals surface area contributed by atoms with Gasteiger partial charge in [-0.25, -0.2) is 0 Å². The molecule has 0 unspecified atom stereocenters. The van der Waals surface area contributed by atoms with E-state index in [1.165, 1.54) is 0 Å². The summed E-state index contributed by atoms with van der Waals surface area (Å²) in [7, 11) is 0. The van der Waals surface area contributed by atoms with Crippen LogP contribution in [-0.4, -0.2) is 44.1 Å². The van der Waals surface area contributed by atoms with Crippen LogP contribution in [-0.2, 0) is 11.3 Å². The van der Waals surface area contributed by atoms with E-state index in [2.05, 4.69) is 20.4 Å². The average molecular weight is 300 g/mol. The Morgan fingerprint density at radius 1 is 1.36 bits per heavy atom. The van der Waals surface area contributed by atoms with Gasteiger partial charge in [0.1, 0.15) is 0 Å². The number of hydrogen-bond donors (Lipinski definition) is 1. The van der Waals surface area contributed by atoms with Crippen molar-refractivity contribution in [2.24, 2.45) is 11.7 Å². The van der Waals surface area contributed by atoms with Gasteiger partial charge in [-0.15, -0.1) is 5.10 Å². The summed E-state index contributed by atoms with van der Waals surface area (Å²) in [6.07, 6.45) is 0.806. The molecule has 1 saturated heterocycles. The Bertz CT molecular complexity index is 675. The Hall–Kier alpha value is -2.28. The molecule has 1 atom stereocenters. The first kappa shape index (κ1) is 14.6. The van der Waals surface area contributed by atoms with Crippen LogP contribution in [0.25, 0.3) is 5.69 Å². The van der Waals surface area contributed by atoms with Crippen LogP contribution in [0.5, 0.6) is 0 Å². The zero-order valence-corrected chi connectivity index (χ0v) is 12.9. The van der Waals surface area contributed by atoms with Crippen molar-refractivity contribution in [2.45, 2.75) is 26.8 Å². The van der Waals surface area contributed by atoms with Crippen molar-refractivity contribution in [3.05, 3.63) is 35.2 Å². The molecule has 1 aromatic heterocycles. The van der Waals surface area contributed by atoms with Crippen molar-refractivity contribution in [2.75, 3.05) is 13.1 Å². The molecule has 1 fully saturated rings. The number of tetrazole rings is 1. The van der Waals surface area contributed by atoms with Crippen molar-refractivity contribution in [3.8, 4) is 5.69 Å². The summed E-state index contributed by atoms with van der Waals surface area (Å²) in [6.45, 7) is 6.23. The molecule has 7 heteroatoms. The van der Waals surface area contributed by atoms with Gasteiger partial charge in [0, 0.05) is 6.54 Å². The first-order valence-corrected chi connectivity index (χ1v) is 7.42. The maximum atomic E-state index is 11.3. The van der Waals surface area contributed by atoms with Crippen LogP contribution in [0.3, 0.4) is 0 Å². The Labute approximate surface area is 129 Å². The van der Waals surface area contributed by atoms with E-state index in [9.17, 15) is 4.79 Å². The van der Waals surface area contributed by atoms with E-state index in [4.69, 9.17) is 5.73 Å². The minimum absolute atomic E-state index is 0.0653. The predicted octanol–water partition coefficient (Wildman–Crippen LogP) is 0.586. The van der Waals surface area contributed by atoms with Crippen LogP contribution in [0.1, 0.15) is 23.4 Å². The van der Waals surface area contributed by atoms with E-state index in [1.807, 2.05) is 32.0 Å². The average Bonchev–Trinajstić information content (AvgIpc) is 3.09. The van der Waals surface area contributed by atoms with Crippen molar-refractivity contribution in [1.29, 1.82) is 0 Å². The van der Waals surface area contributed by atoms with Gasteiger partial charge >= 0.3 is 0 Å². The standard InChI is InChI=1S/C15H20N6O/c1-10-4-3-5-11(2)14(10)21-13(17-18-19-21)9-20-7-6-12(8-20)15(16)22/h3-5,12H,6-9H2,1-2H3,(H2,16,22)/t12-/m1/s1. The van der Waals surface area contributed by atoms with Gasteiger partial charge in [-0.3, -0.25) is 9.69 Å². The summed E-state index contributed by atoms with van der Waals surface area (Å²) >= 11 is 0. The molecule has 0 saturated carbocycles. The summed E-state index contributed by atoms with van der Waals surface area (Å²) < 4.78 is 1.79. The second kappa shape index (κ2) is 5.84. The van der Waals surface area contributed by atoms with Crippen molar-refractivity contribution >= 4 is 5.91 Å². The quantitative estimate of drug-likeness (QED) is 0.892. The van der Waals surface area contributed by atoms with E-state index >= 15 is 0 Å². The van der Waals surface area contributed by atoms with Gasteiger partial charge in [-0.05, 0) is 48.4 Å². The van der Waals surface area contributed by atoms with Crippen LogP contribution < -0.4 is 5.73 Å². The topological polar surface area (TPSA) is 89.9 Å². The van der Waals surface area contributed by atoms with Gasteiger partial charge < -0.3 is 5.73 Å². The number of carbonyl (C=O) groups excluding carboxylic acids is 1. The number of aryl methyl sites for hydroxylation is 2. The molecular formula is C15H20N6O. The fraction of sp³-hybridized carbons (Fsp3) is 0.467. The normalized spacial score (nSPS) is 18.7. The number of para-hydroxylation sites is 1. The molecular weight excluding hydrogens is 280 g/mol. The SMILES string of the molecule is Cc1cccc(C)c1-n1nnnc1CN1CC[C@@H](C(N)=O)C1. The van der Waals surface area contributed by atoms with Gasteiger partial charge in [0.25, 0.3) is 0 Å². The van der Waals surface area contributed by atoms with Crippen LogP contribution in [0.2, 0.25) is 0 Å².